The largest absolute Gasteiger partial charge is 0.417 e. The minimum absolute atomic E-state index is 0.0788. The molecule has 1 aliphatic rings. The minimum Gasteiger partial charge on any atom is -0.417 e. The van der Waals surface area contributed by atoms with Crippen molar-refractivity contribution < 1.29 is 9.53 Å². The molecular formula is C13H28O2Si. The highest BCUT2D eigenvalue weighted by atomic mass is 28.3. The Hall–Kier alpha value is 0.137. The summed E-state index contributed by atoms with van der Waals surface area (Å²) in [5.41, 5.74) is 0.321. The van der Waals surface area contributed by atoms with Gasteiger partial charge in [0.1, 0.15) is 0 Å². The Balaban J connectivity index is 2.56. The SMILES string of the molecule is C[SiH](C)OC(CC(C)(C)C)C1CCC(O)C1. The maximum Gasteiger partial charge on any atom is 0.171 e. The quantitative estimate of drug-likeness (QED) is 0.771. The molecule has 0 aromatic rings. The van der Waals surface area contributed by atoms with Crippen LogP contribution in [0.3, 0.4) is 0 Å². The normalized spacial score (nSPS) is 28.7. The number of rotatable bonds is 4. The van der Waals surface area contributed by atoms with Crippen molar-refractivity contribution >= 4 is 9.04 Å². The Labute approximate surface area is 102 Å². The molecule has 3 unspecified atom stereocenters. The van der Waals surface area contributed by atoms with Crippen LogP contribution in [0.5, 0.6) is 0 Å². The van der Waals surface area contributed by atoms with Crippen LogP contribution >= 0.6 is 0 Å². The maximum absolute atomic E-state index is 9.64. The molecule has 1 aliphatic carbocycles. The van der Waals surface area contributed by atoms with E-state index in [9.17, 15) is 5.11 Å². The summed E-state index contributed by atoms with van der Waals surface area (Å²) in [5, 5.41) is 9.64. The Morgan fingerprint density at radius 1 is 1.31 bits per heavy atom. The number of hydrogen-bond acceptors (Lipinski definition) is 2. The van der Waals surface area contributed by atoms with Crippen molar-refractivity contribution in [2.75, 3.05) is 0 Å². The van der Waals surface area contributed by atoms with Crippen LogP contribution in [0.25, 0.3) is 0 Å². The van der Waals surface area contributed by atoms with E-state index in [1.807, 2.05) is 0 Å². The third kappa shape index (κ3) is 4.98. The summed E-state index contributed by atoms with van der Waals surface area (Å²) < 4.78 is 6.19. The lowest BCUT2D eigenvalue weighted by molar-refractivity contribution is 0.0807. The second-order valence-electron chi connectivity index (χ2n) is 6.72. The van der Waals surface area contributed by atoms with Crippen molar-refractivity contribution in [1.82, 2.24) is 0 Å². The molecule has 0 amide bonds. The van der Waals surface area contributed by atoms with E-state index < -0.39 is 9.04 Å². The molecule has 0 saturated heterocycles. The molecule has 1 saturated carbocycles. The van der Waals surface area contributed by atoms with Gasteiger partial charge in [-0.25, -0.2) is 0 Å². The zero-order chi connectivity index (χ0) is 12.3. The highest BCUT2D eigenvalue weighted by Gasteiger charge is 2.33. The molecule has 16 heavy (non-hydrogen) atoms. The van der Waals surface area contributed by atoms with Gasteiger partial charge in [-0.15, -0.1) is 0 Å². The Kier molecular flexibility index (Phi) is 5.01. The smallest absolute Gasteiger partial charge is 0.171 e. The molecule has 0 aliphatic heterocycles. The van der Waals surface area contributed by atoms with Gasteiger partial charge in [0.2, 0.25) is 0 Å². The summed E-state index contributed by atoms with van der Waals surface area (Å²) in [7, 11) is -0.976. The summed E-state index contributed by atoms with van der Waals surface area (Å²) in [5.74, 6) is 0.587. The van der Waals surface area contributed by atoms with Crippen LogP contribution in [0.2, 0.25) is 13.1 Å². The fourth-order valence-corrected chi connectivity index (χ4v) is 3.63. The van der Waals surface area contributed by atoms with Crippen LogP contribution < -0.4 is 0 Å². The highest BCUT2D eigenvalue weighted by Crippen LogP contribution is 2.35. The van der Waals surface area contributed by atoms with E-state index in [1.165, 1.54) is 0 Å². The molecule has 0 heterocycles. The standard InChI is InChI=1S/C13H28O2Si/c1-13(2,3)9-12(15-16(4)5)10-6-7-11(14)8-10/h10-12,14,16H,6-9H2,1-5H3. The van der Waals surface area contributed by atoms with Crippen molar-refractivity contribution in [3.63, 3.8) is 0 Å². The molecule has 3 heteroatoms. The summed E-state index contributed by atoms with van der Waals surface area (Å²) in [6.45, 7) is 11.3. The van der Waals surface area contributed by atoms with Gasteiger partial charge in [0, 0.05) is 6.10 Å². The first-order chi connectivity index (χ1) is 7.28. The third-order valence-electron chi connectivity index (χ3n) is 3.23. The number of hydrogen-bond donors (Lipinski definition) is 1. The summed E-state index contributed by atoms with van der Waals surface area (Å²) in [6, 6.07) is 0. The summed E-state index contributed by atoms with van der Waals surface area (Å²) in [6.07, 6.45) is 4.48. The lowest BCUT2D eigenvalue weighted by Crippen LogP contribution is -2.31. The minimum atomic E-state index is -0.976. The van der Waals surface area contributed by atoms with Crippen molar-refractivity contribution in [2.24, 2.45) is 11.3 Å². The molecule has 0 aromatic heterocycles. The lowest BCUT2D eigenvalue weighted by atomic mass is 9.84. The molecule has 0 radical (unpaired) electrons. The number of aliphatic hydroxyl groups excluding tert-OH is 1. The predicted octanol–water partition coefficient (Wildman–Crippen LogP) is 2.95. The van der Waals surface area contributed by atoms with Gasteiger partial charge in [-0.05, 0) is 50.1 Å². The van der Waals surface area contributed by atoms with Crippen LogP contribution in [-0.4, -0.2) is 26.4 Å². The Morgan fingerprint density at radius 3 is 2.31 bits per heavy atom. The topological polar surface area (TPSA) is 29.5 Å². The van der Waals surface area contributed by atoms with Gasteiger partial charge in [-0.1, -0.05) is 20.8 Å². The zero-order valence-electron chi connectivity index (χ0n) is 11.5. The second kappa shape index (κ2) is 5.65. The third-order valence-corrected chi connectivity index (χ3v) is 4.13. The van der Waals surface area contributed by atoms with Crippen LogP contribution in [0.4, 0.5) is 0 Å². The van der Waals surface area contributed by atoms with Gasteiger partial charge in [-0.2, -0.15) is 0 Å². The molecule has 0 bridgehead atoms. The van der Waals surface area contributed by atoms with E-state index in [-0.39, 0.29) is 6.10 Å². The van der Waals surface area contributed by atoms with Crippen molar-refractivity contribution in [2.45, 2.75) is 71.8 Å². The monoisotopic (exact) mass is 244 g/mol. The van der Waals surface area contributed by atoms with Crippen LogP contribution in [0, 0.1) is 11.3 Å². The fraction of sp³-hybridized carbons (Fsp3) is 1.00. The summed E-state index contributed by atoms with van der Waals surface area (Å²) >= 11 is 0. The fourth-order valence-electron chi connectivity index (χ4n) is 2.61. The molecular weight excluding hydrogens is 216 g/mol. The average molecular weight is 244 g/mol. The van der Waals surface area contributed by atoms with E-state index in [1.54, 1.807) is 0 Å². The van der Waals surface area contributed by atoms with Crippen molar-refractivity contribution in [1.29, 1.82) is 0 Å². The Bertz CT molecular complexity index is 210. The highest BCUT2D eigenvalue weighted by molar-refractivity contribution is 6.48. The first kappa shape index (κ1) is 14.2. The molecule has 1 rings (SSSR count). The lowest BCUT2D eigenvalue weighted by Gasteiger charge is -2.32. The van der Waals surface area contributed by atoms with E-state index >= 15 is 0 Å². The second-order valence-corrected chi connectivity index (χ2v) is 9.08. The zero-order valence-corrected chi connectivity index (χ0v) is 12.6. The first-order valence-electron chi connectivity index (χ1n) is 6.61. The van der Waals surface area contributed by atoms with Gasteiger partial charge in [0.15, 0.2) is 9.04 Å². The predicted molar refractivity (Wildman–Crippen MR) is 71.2 cm³/mol. The summed E-state index contributed by atoms with van der Waals surface area (Å²) in [4.78, 5) is 0. The van der Waals surface area contributed by atoms with Gasteiger partial charge in [0.05, 0.1) is 6.10 Å². The van der Waals surface area contributed by atoms with Crippen molar-refractivity contribution in [3.8, 4) is 0 Å². The maximum atomic E-state index is 9.64. The molecule has 1 N–H and O–H groups in total. The van der Waals surface area contributed by atoms with Gasteiger partial charge < -0.3 is 9.53 Å². The van der Waals surface area contributed by atoms with E-state index in [2.05, 4.69) is 33.9 Å². The Morgan fingerprint density at radius 2 is 1.94 bits per heavy atom. The van der Waals surface area contributed by atoms with E-state index in [0.717, 1.165) is 25.7 Å². The van der Waals surface area contributed by atoms with Gasteiger partial charge in [0.25, 0.3) is 0 Å². The van der Waals surface area contributed by atoms with Gasteiger partial charge >= 0.3 is 0 Å². The number of aliphatic hydroxyl groups is 1. The average Bonchev–Trinajstić information content (AvgIpc) is 2.47. The molecule has 3 atom stereocenters. The molecule has 96 valence electrons. The van der Waals surface area contributed by atoms with Gasteiger partial charge in [-0.3, -0.25) is 0 Å². The first-order valence-corrected chi connectivity index (χ1v) is 9.39. The van der Waals surface area contributed by atoms with Crippen molar-refractivity contribution in [3.05, 3.63) is 0 Å². The van der Waals surface area contributed by atoms with E-state index in [4.69, 9.17) is 4.43 Å². The van der Waals surface area contributed by atoms with E-state index in [0.29, 0.717) is 17.4 Å². The van der Waals surface area contributed by atoms with Crippen LogP contribution in [-0.2, 0) is 4.43 Å². The molecule has 0 spiro atoms. The van der Waals surface area contributed by atoms with Crippen LogP contribution in [0.15, 0.2) is 0 Å². The molecule has 2 nitrogen and oxygen atoms in total. The van der Waals surface area contributed by atoms with Crippen LogP contribution in [0.1, 0.15) is 46.5 Å². The molecule has 0 aromatic carbocycles. The molecule has 1 fully saturated rings.